The molecule has 0 amide bonds. The van der Waals surface area contributed by atoms with Crippen molar-refractivity contribution in [3.05, 3.63) is 33.1 Å². The van der Waals surface area contributed by atoms with E-state index >= 15 is 0 Å². The van der Waals surface area contributed by atoms with Gasteiger partial charge in [-0.1, -0.05) is 23.2 Å². The molecule has 1 aromatic carbocycles. The predicted octanol–water partition coefficient (Wildman–Crippen LogP) is 3.25. The molecule has 6 heteroatoms. The Morgan fingerprint density at radius 1 is 1.24 bits per heavy atom. The number of halogens is 2. The second kappa shape index (κ2) is 4.13. The molecule has 0 saturated heterocycles. The Balaban J connectivity index is 2.92. The summed E-state index contributed by atoms with van der Waals surface area (Å²) < 4.78 is 0. The van der Waals surface area contributed by atoms with Crippen molar-refractivity contribution in [3.8, 4) is 0 Å². The van der Waals surface area contributed by atoms with Gasteiger partial charge in [-0.2, -0.15) is 0 Å². The average molecular weight is 271 g/mol. The molecule has 1 aromatic heterocycles. The van der Waals surface area contributed by atoms with Gasteiger partial charge in [0.15, 0.2) is 10.3 Å². The maximum Gasteiger partial charge on any atom is 0.336 e. The third kappa shape index (κ3) is 1.94. The fourth-order valence-electron chi connectivity index (χ4n) is 1.80. The number of carbonyl (C=O) groups is 1. The molecule has 0 aliphatic carbocycles. The first-order chi connectivity index (χ1) is 7.91. The van der Waals surface area contributed by atoms with Crippen LogP contribution in [0.5, 0.6) is 0 Å². The first-order valence-corrected chi connectivity index (χ1v) is 5.53. The Labute approximate surface area is 107 Å². The summed E-state index contributed by atoms with van der Waals surface area (Å²) in [6.45, 7) is 3.39. The Morgan fingerprint density at radius 2 is 1.82 bits per heavy atom. The lowest BCUT2D eigenvalue weighted by Gasteiger charge is -2.09. The standard InChI is InChI=1S/C11H8Cl2N2O2/c1-4-3-6-8(5(2)7(4)11(16)17)15-10(13)9(12)14-6/h3H,1-2H3,(H,16,17). The number of nitrogens with zero attached hydrogens (tertiary/aromatic N) is 2. The minimum Gasteiger partial charge on any atom is -0.478 e. The molecule has 17 heavy (non-hydrogen) atoms. The minimum atomic E-state index is -0.991. The third-order valence-electron chi connectivity index (χ3n) is 2.53. The Kier molecular flexibility index (Phi) is 2.93. The van der Waals surface area contributed by atoms with Gasteiger partial charge in [0.25, 0.3) is 0 Å². The van der Waals surface area contributed by atoms with E-state index in [2.05, 4.69) is 9.97 Å². The molecule has 0 fully saturated rings. The van der Waals surface area contributed by atoms with Gasteiger partial charge >= 0.3 is 5.97 Å². The number of hydrogen-bond acceptors (Lipinski definition) is 3. The number of rotatable bonds is 1. The predicted molar refractivity (Wildman–Crippen MR) is 66.0 cm³/mol. The monoisotopic (exact) mass is 270 g/mol. The summed E-state index contributed by atoms with van der Waals surface area (Å²) in [6.07, 6.45) is 0. The van der Waals surface area contributed by atoms with E-state index < -0.39 is 5.97 Å². The van der Waals surface area contributed by atoms with Crippen LogP contribution in [0.25, 0.3) is 11.0 Å². The zero-order valence-corrected chi connectivity index (χ0v) is 10.6. The Hall–Kier alpha value is -1.39. The topological polar surface area (TPSA) is 63.1 Å². The third-order valence-corrected chi connectivity index (χ3v) is 3.16. The van der Waals surface area contributed by atoms with Gasteiger partial charge in [-0.25, -0.2) is 14.8 Å². The molecule has 0 spiro atoms. The highest BCUT2D eigenvalue weighted by atomic mass is 35.5. The van der Waals surface area contributed by atoms with Gasteiger partial charge in [0, 0.05) is 0 Å². The van der Waals surface area contributed by atoms with Crippen LogP contribution in [0.1, 0.15) is 21.5 Å². The first-order valence-electron chi connectivity index (χ1n) is 4.78. The van der Waals surface area contributed by atoms with Crippen LogP contribution in [-0.4, -0.2) is 21.0 Å². The number of carboxylic acid groups (broad SMARTS) is 1. The van der Waals surface area contributed by atoms with Gasteiger partial charge in [0.2, 0.25) is 0 Å². The maximum atomic E-state index is 11.1. The van der Waals surface area contributed by atoms with Crippen molar-refractivity contribution in [2.24, 2.45) is 0 Å². The molecule has 2 rings (SSSR count). The van der Waals surface area contributed by atoms with E-state index in [0.29, 0.717) is 22.2 Å². The number of aryl methyl sites for hydroxylation is 2. The van der Waals surface area contributed by atoms with Crippen molar-refractivity contribution in [1.82, 2.24) is 9.97 Å². The zero-order valence-electron chi connectivity index (χ0n) is 9.08. The van der Waals surface area contributed by atoms with E-state index in [1.165, 1.54) is 0 Å². The number of aromatic carboxylic acids is 1. The molecule has 0 aliphatic heterocycles. The molecule has 1 N–H and O–H groups in total. The van der Waals surface area contributed by atoms with Gasteiger partial charge in [-0.15, -0.1) is 0 Å². The van der Waals surface area contributed by atoms with Crippen LogP contribution in [0.2, 0.25) is 10.3 Å². The molecule has 88 valence electrons. The SMILES string of the molecule is Cc1cc2nc(Cl)c(Cl)nc2c(C)c1C(=O)O. The van der Waals surface area contributed by atoms with Crippen molar-refractivity contribution < 1.29 is 9.90 Å². The highest BCUT2D eigenvalue weighted by Crippen LogP contribution is 2.27. The quantitative estimate of drug-likeness (QED) is 0.864. The van der Waals surface area contributed by atoms with Crippen molar-refractivity contribution >= 4 is 40.2 Å². The van der Waals surface area contributed by atoms with Crippen LogP contribution in [-0.2, 0) is 0 Å². The van der Waals surface area contributed by atoms with Gasteiger partial charge in [0.1, 0.15) is 0 Å². The van der Waals surface area contributed by atoms with Crippen molar-refractivity contribution in [2.75, 3.05) is 0 Å². The lowest BCUT2D eigenvalue weighted by atomic mass is 10.0. The molecular weight excluding hydrogens is 263 g/mol. The summed E-state index contributed by atoms with van der Waals surface area (Å²) in [4.78, 5) is 19.3. The average Bonchev–Trinajstić information content (AvgIpc) is 2.21. The first kappa shape index (κ1) is 12.1. The Bertz CT molecular complexity index is 641. The summed E-state index contributed by atoms with van der Waals surface area (Å²) in [5.74, 6) is -0.991. The summed E-state index contributed by atoms with van der Waals surface area (Å²) in [6, 6.07) is 1.64. The van der Waals surface area contributed by atoms with Crippen LogP contribution in [0, 0.1) is 13.8 Å². The molecule has 0 radical (unpaired) electrons. The van der Waals surface area contributed by atoms with E-state index in [9.17, 15) is 4.79 Å². The molecule has 1 heterocycles. The number of benzene rings is 1. The van der Waals surface area contributed by atoms with E-state index in [1.807, 2.05) is 0 Å². The second-order valence-corrected chi connectivity index (χ2v) is 4.39. The van der Waals surface area contributed by atoms with Crippen LogP contribution < -0.4 is 0 Å². The summed E-state index contributed by atoms with van der Waals surface area (Å²) in [5.41, 5.74) is 2.39. The van der Waals surface area contributed by atoms with Gasteiger partial charge in [-0.3, -0.25) is 0 Å². The van der Waals surface area contributed by atoms with E-state index in [1.54, 1.807) is 19.9 Å². The fourth-order valence-corrected chi connectivity index (χ4v) is 2.06. The maximum absolute atomic E-state index is 11.1. The van der Waals surface area contributed by atoms with Crippen LogP contribution in [0.4, 0.5) is 0 Å². The minimum absolute atomic E-state index is 0.0717. The Morgan fingerprint density at radius 3 is 2.41 bits per heavy atom. The number of fused-ring (bicyclic) bond motifs is 1. The molecule has 0 unspecified atom stereocenters. The summed E-state index contributed by atoms with van der Waals surface area (Å²) in [5, 5.41) is 9.31. The van der Waals surface area contributed by atoms with E-state index in [0.717, 1.165) is 0 Å². The van der Waals surface area contributed by atoms with Crippen LogP contribution in [0.3, 0.4) is 0 Å². The van der Waals surface area contributed by atoms with Crippen molar-refractivity contribution in [2.45, 2.75) is 13.8 Å². The summed E-state index contributed by atoms with van der Waals surface area (Å²) in [7, 11) is 0. The summed E-state index contributed by atoms with van der Waals surface area (Å²) >= 11 is 11.6. The van der Waals surface area contributed by atoms with Gasteiger partial charge < -0.3 is 5.11 Å². The molecule has 0 bridgehead atoms. The molecule has 0 atom stereocenters. The lowest BCUT2D eigenvalue weighted by molar-refractivity contribution is 0.0695. The van der Waals surface area contributed by atoms with Crippen LogP contribution >= 0.6 is 23.2 Å². The van der Waals surface area contributed by atoms with Gasteiger partial charge in [-0.05, 0) is 31.0 Å². The van der Waals surface area contributed by atoms with E-state index in [4.69, 9.17) is 28.3 Å². The van der Waals surface area contributed by atoms with Gasteiger partial charge in [0.05, 0.1) is 16.6 Å². The zero-order chi connectivity index (χ0) is 12.7. The normalized spacial score (nSPS) is 10.8. The lowest BCUT2D eigenvalue weighted by Crippen LogP contribution is -2.05. The van der Waals surface area contributed by atoms with Crippen LogP contribution in [0.15, 0.2) is 6.07 Å². The van der Waals surface area contributed by atoms with E-state index in [-0.39, 0.29) is 15.9 Å². The second-order valence-electron chi connectivity index (χ2n) is 3.67. The van der Waals surface area contributed by atoms with Crippen molar-refractivity contribution in [3.63, 3.8) is 0 Å². The number of aromatic nitrogens is 2. The molecule has 4 nitrogen and oxygen atoms in total. The highest BCUT2D eigenvalue weighted by Gasteiger charge is 2.16. The smallest absolute Gasteiger partial charge is 0.336 e. The number of carboxylic acids is 1. The largest absolute Gasteiger partial charge is 0.478 e. The molecular formula is C11H8Cl2N2O2. The molecule has 0 saturated carbocycles. The molecule has 0 aliphatic rings. The highest BCUT2D eigenvalue weighted by molar-refractivity contribution is 6.40. The fraction of sp³-hybridized carbons (Fsp3) is 0.182. The molecule has 2 aromatic rings. The number of hydrogen-bond donors (Lipinski definition) is 1. The van der Waals surface area contributed by atoms with Crippen molar-refractivity contribution in [1.29, 1.82) is 0 Å².